The number of carbonyl (C=O) groups excluding carboxylic acids is 1. The van der Waals surface area contributed by atoms with Crippen LogP contribution in [-0.4, -0.2) is 76.4 Å². The average molecular weight is 577 g/mol. The quantitative estimate of drug-likeness (QED) is 0.307. The van der Waals surface area contributed by atoms with E-state index < -0.39 is 37.3 Å². The van der Waals surface area contributed by atoms with Crippen LogP contribution in [0.5, 0.6) is 11.5 Å². The Morgan fingerprint density at radius 2 is 1.63 bits per heavy atom. The highest BCUT2D eigenvalue weighted by Gasteiger charge is 2.45. The van der Waals surface area contributed by atoms with Crippen LogP contribution in [-0.2, 0) is 20.7 Å². The van der Waals surface area contributed by atoms with E-state index in [1.807, 2.05) is 6.07 Å². The highest BCUT2D eigenvalue weighted by molar-refractivity contribution is 5.90. The summed E-state index contributed by atoms with van der Waals surface area (Å²) in [6.07, 6.45) is 5.58. The summed E-state index contributed by atoms with van der Waals surface area (Å²) in [5.74, 6) is 0.650. The zero-order chi connectivity index (χ0) is 28.9. The maximum atomic E-state index is 12.4. The minimum atomic E-state index is -1.60. The van der Waals surface area contributed by atoms with E-state index in [9.17, 15) is 25.2 Å². The molecule has 10 heteroatoms. The van der Waals surface area contributed by atoms with Crippen molar-refractivity contribution < 1.29 is 48.6 Å². The molecule has 10 nitrogen and oxygen atoms in total. The van der Waals surface area contributed by atoms with Crippen LogP contribution in [0, 0.1) is 0 Å². The van der Waals surface area contributed by atoms with Crippen molar-refractivity contribution in [3.05, 3.63) is 23.5 Å². The molecule has 5 rings (SSSR count). The summed E-state index contributed by atoms with van der Waals surface area (Å²) in [5, 5.41) is 42.1. The van der Waals surface area contributed by atoms with Crippen molar-refractivity contribution in [3.63, 3.8) is 0 Å². The van der Waals surface area contributed by atoms with Gasteiger partial charge in [0.05, 0.1) is 25.6 Å². The van der Waals surface area contributed by atoms with Crippen LogP contribution in [0.2, 0.25) is 0 Å². The number of aryl methyl sites for hydroxylation is 1. The number of aliphatic hydroxyl groups excluding tert-OH is 4. The zero-order valence-electron chi connectivity index (χ0n) is 23.8. The van der Waals surface area contributed by atoms with Gasteiger partial charge in [0.25, 0.3) is 0 Å². The first-order valence-corrected chi connectivity index (χ1v) is 15.3. The molecule has 228 valence electrons. The number of carbonyl (C=O) groups is 1. The van der Waals surface area contributed by atoms with Crippen LogP contribution in [0.4, 0.5) is 0 Å². The lowest BCUT2D eigenvalue weighted by atomic mass is 9.83. The van der Waals surface area contributed by atoms with Crippen LogP contribution < -0.4 is 9.47 Å². The lowest BCUT2D eigenvalue weighted by Gasteiger charge is -2.40. The molecule has 0 bridgehead atoms. The molecule has 0 spiro atoms. The zero-order valence-corrected chi connectivity index (χ0v) is 23.8. The van der Waals surface area contributed by atoms with Gasteiger partial charge in [-0.05, 0) is 69.4 Å². The predicted octanol–water partition coefficient (Wildman–Crippen LogP) is 3.87. The van der Waals surface area contributed by atoms with Gasteiger partial charge in [-0.15, -0.1) is 0 Å². The van der Waals surface area contributed by atoms with Crippen molar-refractivity contribution >= 4 is 16.9 Å². The number of fused-ring (bicyclic) bond motifs is 1. The fourth-order valence-electron chi connectivity index (χ4n) is 6.45. The minimum Gasteiger partial charge on any atom is -0.483 e. The van der Waals surface area contributed by atoms with E-state index in [0.717, 1.165) is 68.7 Å². The number of rotatable bonds is 10. The highest BCUT2D eigenvalue weighted by Crippen LogP contribution is 2.47. The SMILES string of the molecule is CCOC(=O)CCc1cc2c(C3CCCCC3)coc2c(OC2CCCCC2)c1O[C@H]1O[C@H](CO)[C@@H](O)[C@H](O)[C@H]1O. The summed E-state index contributed by atoms with van der Waals surface area (Å²) in [4.78, 5) is 12.4. The van der Waals surface area contributed by atoms with Crippen molar-refractivity contribution in [2.45, 2.75) is 127 Å². The molecule has 4 N–H and O–H groups in total. The fraction of sp³-hybridized carbons (Fsp3) is 0.710. The van der Waals surface area contributed by atoms with Crippen molar-refractivity contribution in [2.24, 2.45) is 0 Å². The molecular formula is C31H44O10. The van der Waals surface area contributed by atoms with Gasteiger partial charge in [-0.3, -0.25) is 4.79 Å². The Hall–Kier alpha value is -2.37. The molecule has 0 radical (unpaired) electrons. The monoisotopic (exact) mass is 576 g/mol. The number of hydrogen-bond acceptors (Lipinski definition) is 10. The van der Waals surface area contributed by atoms with Crippen LogP contribution in [0.3, 0.4) is 0 Å². The van der Waals surface area contributed by atoms with Gasteiger partial charge in [0, 0.05) is 17.4 Å². The number of hydrogen-bond donors (Lipinski definition) is 4. The molecule has 3 fully saturated rings. The Bertz CT molecular complexity index is 1150. The Morgan fingerprint density at radius 3 is 2.32 bits per heavy atom. The van der Waals surface area contributed by atoms with E-state index in [1.165, 1.54) is 6.42 Å². The van der Waals surface area contributed by atoms with E-state index in [2.05, 4.69) is 0 Å². The molecule has 1 saturated heterocycles. The van der Waals surface area contributed by atoms with Gasteiger partial charge in [0.15, 0.2) is 11.3 Å². The predicted molar refractivity (Wildman–Crippen MR) is 149 cm³/mol. The fourth-order valence-corrected chi connectivity index (χ4v) is 6.45. The van der Waals surface area contributed by atoms with Gasteiger partial charge in [-0.1, -0.05) is 25.7 Å². The Labute approximate surface area is 240 Å². The van der Waals surface area contributed by atoms with E-state index in [0.29, 0.717) is 22.8 Å². The molecule has 41 heavy (non-hydrogen) atoms. The molecule has 0 amide bonds. The van der Waals surface area contributed by atoms with E-state index in [-0.39, 0.29) is 37.3 Å². The maximum absolute atomic E-state index is 12.4. The highest BCUT2D eigenvalue weighted by atomic mass is 16.7. The molecule has 1 aliphatic heterocycles. The summed E-state index contributed by atoms with van der Waals surface area (Å²) >= 11 is 0. The van der Waals surface area contributed by atoms with Gasteiger partial charge < -0.3 is 43.8 Å². The summed E-state index contributed by atoms with van der Waals surface area (Å²) in [7, 11) is 0. The smallest absolute Gasteiger partial charge is 0.306 e. The van der Waals surface area contributed by atoms with Gasteiger partial charge >= 0.3 is 5.97 Å². The second-order valence-electron chi connectivity index (χ2n) is 11.6. The molecule has 1 aromatic carbocycles. The molecule has 0 unspecified atom stereocenters. The third-order valence-electron chi connectivity index (χ3n) is 8.75. The maximum Gasteiger partial charge on any atom is 0.306 e. The van der Waals surface area contributed by atoms with Crippen LogP contribution in [0.25, 0.3) is 11.0 Å². The van der Waals surface area contributed by atoms with Crippen LogP contribution in [0.1, 0.15) is 94.6 Å². The number of furan rings is 1. The van der Waals surface area contributed by atoms with Gasteiger partial charge in [-0.25, -0.2) is 0 Å². The topological polar surface area (TPSA) is 148 Å². The number of esters is 1. The van der Waals surface area contributed by atoms with Crippen LogP contribution in [0.15, 0.2) is 16.7 Å². The number of benzene rings is 1. The first kappa shape index (κ1) is 30.1. The van der Waals surface area contributed by atoms with Crippen LogP contribution >= 0.6 is 0 Å². The van der Waals surface area contributed by atoms with Crippen molar-refractivity contribution in [1.29, 1.82) is 0 Å². The third kappa shape index (κ3) is 6.67. The van der Waals surface area contributed by atoms with Gasteiger partial charge in [0.1, 0.15) is 24.4 Å². The Kier molecular flexibility index (Phi) is 10.1. The van der Waals surface area contributed by atoms with Crippen molar-refractivity contribution in [2.75, 3.05) is 13.2 Å². The molecule has 3 aliphatic rings. The number of ether oxygens (including phenoxy) is 4. The molecule has 1 aromatic heterocycles. The second kappa shape index (κ2) is 13.7. The van der Waals surface area contributed by atoms with Crippen molar-refractivity contribution in [1.82, 2.24) is 0 Å². The molecule has 5 atom stereocenters. The number of aliphatic hydroxyl groups is 4. The van der Waals surface area contributed by atoms with E-state index in [4.69, 9.17) is 23.4 Å². The summed E-state index contributed by atoms with van der Waals surface area (Å²) < 4.78 is 30.0. The van der Waals surface area contributed by atoms with E-state index in [1.54, 1.807) is 13.2 Å². The van der Waals surface area contributed by atoms with Crippen molar-refractivity contribution in [3.8, 4) is 11.5 Å². The second-order valence-corrected chi connectivity index (χ2v) is 11.6. The van der Waals surface area contributed by atoms with E-state index >= 15 is 0 Å². The standard InChI is InChI=1S/C31H44O10/c1-2-37-24(33)14-13-19-15-21-22(18-9-5-3-6-10-18)17-38-29(21)30(39-20-11-7-4-8-12-20)28(19)41-31-27(36)26(35)25(34)23(16-32)40-31/h15,17-18,20,23,25-27,31-32,34-36H,2-14,16H2,1H3/t23-,25-,26+,27-,31-/m1/s1. The lowest BCUT2D eigenvalue weighted by Crippen LogP contribution is -2.60. The largest absolute Gasteiger partial charge is 0.483 e. The summed E-state index contributed by atoms with van der Waals surface area (Å²) in [5.41, 5.74) is 2.31. The normalized spacial score (nSPS) is 28.1. The third-order valence-corrected chi connectivity index (χ3v) is 8.75. The molecular weight excluding hydrogens is 532 g/mol. The average Bonchev–Trinajstić information content (AvgIpc) is 3.42. The minimum absolute atomic E-state index is 0.0624. The molecule has 2 heterocycles. The Morgan fingerprint density at radius 1 is 0.927 bits per heavy atom. The first-order valence-electron chi connectivity index (χ1n) is 15.3. The molecule has 2 saturated carbocycles. The van der Waals surface area contributed by atoms with Gasteiger partial charge in [-0.2, -0.15) is 0 Å². The Balaban J connectivity index is 1.59. The summed E-state index contributed by atoms with van der Waals surface area (Å²) in [6, 6.07) is 1.97. The molecule has 2 aliphatic carbocycles. The lowest BCUT2D eigenvalue weighted by molar-refractivity contribution is -0.277. The van der Waals surface area contributed by atoms with Gasteiger partial charge in [0.2, 0.25) is 12.0 Å². The first-order chi connectivity index (χ1) is 19.9. The molecule has 2 aromatic rings. The summed E-state index contributed by atoms with van der Waals surface area (Å²) in [6.45, 7) is 1.46.